The molecular weight excluding hydrogens is 300 g/mol. The van der Waals surface area contributed by atoms with Crippen molar-refractivity contribution in [2.24, 2.45) is 0 Å². The van der Waals surface area contributed by atoms with Crippen molar-refractivity contribution in [3.8, 4) is 28.5 Å². The predicted octanol–water partition coefficient (Wildman–Crippen LogP) is 4.27. The molecule has 2 aromatic heterocycles. The van der Waals surface area contributed by atoms with Crippen molar-refractivity contribution >= 4 is 0 Å². The van der Waals surface area contributed by atoms with Crippen molar-refractivity contribution in [1.29, 1.82) is 0 Å². The van der Waals surface area contributed by atoms with E-state index in [9.17, 15) is 0 Å². The molecule has 0 aliphatic carbocycles. The van der Waals surface area contributed by atoms with Gasteiger partial charge in [-0.05, 0) is 50.3 Å². The number of benzene rings is 1. The molecule has 2 heterocycles. The van der Waals surface area contributed by atoms with Gasteiger partial charge in [-0.25, -0.2) is 9.55 Å². The average Bonchev–Trinajstić information content (AvgIpc) is 3.10. The molecule has 3 rings (SSSR count). The second-order valence-electron chi connectivity index (χ2n) is 5.83. The number of allylic oxidation sites excluding steroid dienone is 2. The van der Waals surface area contributed by atoms with Crippen molar-refractivity contribution in [3.63, 3.8) is 0 Å². The summed E-state index contributed by atoms with van der Waals surface area (Å²) >= 11 is 0. The highest BCUT2D eigenvalue weighted by atomic mass is 16.5. The summed E-state index contributed by atoms with van der Waals surface area (Å²) in [6, 6.07) is 11.8. The van der Waals surface area contributed by atoms with Gasteiger partial charge in [-0.15, -0.1) is 0 Å². The van der Waals surface area contributed by atoms with Gasteiger partial charge in [0.05, 0.1) is 13.3 Å². The quantitative estimate of drug-likeness (QED) is 0.520. The van der Waals surface area contributed by atoms with E-state index in [0.29, 0.717) is 5.89 Å². The fourth-order valence-electron chi connectivity index (χ4n) is 2.35. The number of pyridine rings is 1. The summed E-state index contributed by atoms with van der Waals surface area (Å²) in [5.41, 5.74) is 3.23. The third kappa shape index (κ3) is 3.71. The third-order valence-corrected chi connectivity index (χ3v) is 3.70. The van der Waals surface area contributed by atoms with Gasteiger partial charge in [-0.1, -0.05) is 5.57 Å². The first kappa shape index (κ1) is 16.0. The summed E-state index contributed by atoms with van der Waals surface area (Å²) in [4.78, 5) is 4.42. The highest BCUT2D eigenvalue weighted by molar-refractivity contribution is 5.61. The van der Waals surface area contributed by atoms with E-state index in [4.69, 9.17) is 9.15 Å². The van der Waals surface area contributed by atoms with Crippen LogP contribution in [0.25, 0.3) is 22.8 Å². The summed E-state index contributed by atoms with van der Waals surface area (Å²) in [5, 5.41) is 0. The summed E-state index contributed by atoms with van der Waals surface area (Å²) in [7, 11) is 1.65. The molecule has 24 heavy (non-hydrogen) atoms. The first-order valence-corrected chi connectivity index (χ1v) is 7.89. The Balaban J connectivity index is 1.84. The summed E-state index contributed by atoms with van der Waals surface area (Å²) in [5.74, 6) is 2.18. The number of hydrogen-bond donors (Lipinski definition) is 0. The summed E-state index contributed by atoms with van der Waals surface area (Å²) < 4.78 is 13.2. The van der Waals surface area contributed by atoms with Crippen molar-refractivity contribution in [2.75, 3.05) is 7.11 Å². The molecule has 0 fully saturated rings. The first-order chi connectivity index (χ1) is 11.7. The Labute approximate surface area is 142 Å². The first-order valence-electron chi connectivity index (χ1n) is 7.89. The van der Waals surface area contributed by atoms with Crippen molar-refractivity contribution in [3.05, 3.63) is 66.6 Å². The molecule has 0 saturated carbocycles. The molecule has 4 nitrogen and oxygen atoms in total. The minimum atomic E-state index is 0.618. The van der Waals surface area contributed by atoms with Gasteiger partial charge in [-0.3, -0.25) is 0 Å². The number of ether oxygens (including phenoxy) is 1. The second kappa shape index (κ2) is 7.13. The molecule has 0 aliphatic heterocycles. The maximum atomic E-state index is 5.93. The maximum absolute atomic E-state index is 5.93. The molecule has 0 spiro atoms. The number of hydrogen-bond acceptors (Lipinski definition) is 3. The minimum absolute atomic E-state index is 0.618. The molecule has 1 aromatic carbocycles. The molecule has 0 amide bonds. The van der Waals surface area contributed by atoms with Gasteiger partial charge in [0.15, 0.2) is 24.7 Å². The second-order valence-corrected chi connectivity index (χ2v) is 5.83. The molecule has 122 valence electrons. The lowest BCUT2D eigenvalue weighted by atomic mass is 10.2. The Morgan fingerprint density at radius 3 is 2.67 bits per heavy atom. The van der Waals surface area contributed by atoms with E-state index >= 15 is 0 Å². The lowest BCUT2D eigenvalue weighted by molar-refractivity contribution is -0.686. The number of oxazole rings is 1. The standard InChI is InChI=1S/C20H21N2O2/c1-15(2)10-12-22-11-4-5-17(14-22)20-21-13-19(24-20)16-6-8-18(23-3)9-7-16/h4-11,13-14H,12H2,1-3H3/q+1. The van der Waals surface area contributed by atoms with Gasteiger partial charge in [-0.2, -0.15) is 0 Å². The van der Waals surface area contributed by atoms with Crippen molar-refractivity contribution in [1.82, 2.24) is 4.98 Å². The van der Waals surface area contributed by atoms with E-state index in [0.717, 1.165) is 29.2 Å². The van der Waals surface area contributed by atoms with Crippen LogP contribution in [0.4, 0.5) is 0 Å². The zero-order chi connectivity index (χ0) is 16.9. The van der Waals surface area contributed by atoms with Crippen LogP contribution in [0.5, 0.6) is 5.75 Å². The van der Waals surface area contributed by atoms with Crippen LogP contribution < -0.4 is 9.30 Å². The highest BCUT2D eigenvalue weighted by Crippen LogP contribution is 2.26. The van der Waals surface area contributed by atoms with Crippen LogP contribution in [0.2, 0.25) is 0 Å². The van der Waals surface area contributed by atoms with Gasteiger partial charge >= 0.3 is 0 Å². The van der Waals surface area contributed by atoms with E-state index in [1.807, 2.05) is 48.8 Å². The Kier molecular flexibility index (Phi) is 4.75. The van der Waals surface area contributed by atoms with Gasteiger partial charge in [0.25, 0.3) is 0 Å². The highest BCUT2D eigenvalue weighted by Gasteiger charge is 2.11. The van der Waals surface area contributed by atoms with Crippen LogP contribution in [0.1, 0.15) is 13.8 Å². The van der Waals surface area contributed by atoms with Crippen LogP contribution in [0.15, 0.2) is 71.1 Å². The maximum Gasteiger partial charge on any atom is 0.232 e. The molecule has 0 bridgehead atoms. The van der Waals surface area contributed by atoms with Crippen LogP contribution in [0.3, 0.4) is 0 Å². The largest absolute Gasteiger partial charge is 0.497 e. The Morgan fingerprint density at radius 1 is 1.17 bits per heavy atom. The van der Waals surface area contributed by atoms with E-state index in [1.54, 1.807) is 13.3 Å². The summed E-state index contributed by atoms with van der Waals surface area (Å²) in [6.45, 7) is 5.03. The summed E-state index contributed by atoms with van der Waals surface area (Å²) in [6.07, 6.45) is 8.02. The van der Waals surface area contributed by atoms with Crippen LogP contribution in [-0.2, 0) is 6.54 Å². The molecular formula is C20H21N2O2+. The lowest BCUT2D eigenvalue weighted by Crippen LogP contribution is -2.31. The van der Waals surface area contributed by atoms with Gasteiger partial charge < -0.3 is 9.15 Å². The smallest absolute Gasteiger partial charge is 0.232 e. The van der Waals surface area contributed by atoms with Gasteiger partial charge in [0, 0.05) is 11.6 Å². The monoisotopic (exact) mass is 321 g/mol. The van der Waals surface area contributed by atoms with E-state index in [1.165, 1.54) is 5.57 Å². The SMILES string of the molecule is COc1ccc(-c2cnc(-c3ccc[n+](CC=C(C)C)c3)o2)cc1. The normalized spacial score (nSPS) is 10.5. The van der Waals surface area contributed by atoms with Crippen molar-refractivity contribution in [2.45, 2.75) is 20.4 Å². The molecule has 0 N–H and O–H groups in total. The molecule has 3 aromatic rings. The Hall–Kier alpha value is -2.88. The van der Waals surface area contributed by atoms with Crippen LogP contribution >= 0.6 is 0 Å². The molecule has 4 heteroatoms. The molecule has 0 atom stereocenters. The minimum Gasteiger partial charge on any atom is -0.497 e. The number of nitrogens with zero attached hydrogens (tertiary/aromatic N) is 2. The van der Waals surface area contributed by atoms with E-state index in [2.05, 4.69) is 29.5 Å². The lowest BCUT2D eigenvalue weighted by Gasteiger charge is -2.00. The van der Waals surface area contributed by atoms with Crippen molar-refractivity contribution < 1.29 is 13.7 Å². The Morgan fingerprint density at radius 2 is 1.96 bits per heavy atom. The number of rotatable bonds is 5. The average molecular weight is 321 g/mol. The number of methoxy groups -OCH3 is 1. The predicted molar refractivity (Wildman–Crippen MR) is 93.6 cm³/mol. The molecule has 0 saturated heterocycles. The fraction of sp³-hybridized carbons (Fsp3) is 0.200. The van der Waals surface area contributed by atoms with Gasteiger partial charge in [0.2, 0.25) is 5.89 Å². The molecule has 0 radical (unpaired) electrons. The van der Waals surface area contributed by atoms with Crippen LogP contribution in [-0.4, -0.2) is 12.1 Å². The topological polar surface area (TPSA) is 39.1 Å². The third-order valence-electron chi connectivity index (χ3n) is 3.70. The zero-order valence-corrected chi connectivity index (χ0v) is 14.2. The van der Waals surface area contributed by atoms with Gasteiger partial charge in [0.1, 0.15) is 11.3 Å². The fourth-order valence-corrected chi connectivity index (χ4v) is 2.35. The van der Waals surface area contributed by atoms with Crippen LogP contribution in [0, 0.1) is 0 Å². The van der Waals surface area contributed by atoms with E-state index in [-0.39, 0.29) is 0 Å². The van der Waals surface area contributed by atoms with E-state index < -0.39 is 0 Å². The molecule has 0 aliphatic rings. The molecule has 0 unspecified atom stereocenters. The Bertz CT molecular complexity index is 844. The zero-order valence-electron chi connectivity index (χ0n) is 14.2. The number of aromatic nitrogens is 2.